The maximum absolute atomic E-state index is 12.3. The van der Waals surface area contributed by atoms with Crippen molar-refractivity contribution in [2.24, 2.45) is 0 Å². The maximum atomic E-state index is 12.3. The minimum absolute atomic E-state index is 0.0201. The fourth-order valence-electron chi connectivity index (χ4n) is 2.28. The third-order valence-corrected chi connectivity index (χ3v) is 6.90. The van der Waals surface area contributed by atoms with Gasteiger partial charge in [0.15, 0.2) is 0 Å². The smallest absolute Gasteiger partial charge is 0.269 e. The first-order valence-corrected chi connectivity index (χ1v) is 11.6. The highest BCUT2D eigenvalue weighted by Gasteiger charge is 2.21. The molecule has 12 heteroatoms. The number of nitrogens with zero attached hydrogens (tertiary/aromatic N) is 2. The Morgan fingerprint density at radius 1 is 1.10 bits per heavy atom. The zero-order valence-corrected chi connectivity index (χ0v) is 18.5. The van der Waals surface area contributed by atoms with Crippen LogP contribution >= 0.6 is 34.5 Å². The first-order valence-electron chi connectivity index (χ1n) is 8.56. The molecule has 0 bridgehead atoms. The van der Waals surface area contributed by atoms with Crippen LogP contribution in [0.4, 0.5) is 5.13 Å². The molecule has 0 unspecified atom stereocenters. The van der Waals surface area contributed by atoms with Crippen molar-refractivity contribution < 1.29 is 17.9 Å². The number of aromatic nitrogens is 2. The van der Waals surface area contributed by atoms with Crippen LogP contribution in [0.3, 0.4) is 0 Å². The molecule has 30 heavy (non-hydrogen) atoms. The molecule has 3 rings (SSSR count). The molecule has 0 atom stereocenters. The molecule has 0 saturated carbocycles. The highest BCUT2D eigenvalue weighted by Crippen LogP contribution is 2.24. The van der Waals surface area contributed by atoms with Gasteiger partial charge in [0, 0.05) is 11.6 Å². The molecule has 0 aliphatic rings. The van der Waals surface area contributed by atoms with Gasteiger partial charge in [-0.1, -0.05) is 64.9 Å². The number of rotatable bonds is 9. The van der Waals surface area contributed by atoms with E-state index in [9.17, 15) is 13.2 Å². The Morgan fingerprint density at radius 2 is 1.87 bits per heavy atom. The lowest BCUT2D eigenvalue weighted by molar-refractivity contribution is 0.102. The lowest BCUT2D eigenvalue weighted by Crippen LogP contribution is -2.27. The highest BCUT2D eigenvalue weighted by atomic mass is 35.5. The summed E-state index contributed by atoms with van der Waals surface area (Å²) in [7, 11) is -3.88. The van der Waals surface area contributed by atoms with Crippen molar-refractivity contribution >= 4 is 55.6 Å². The number of carbonyl (C=O) groups is 1. The van der Waals surface area contributed by atoms with Gasteiger partial charge in [0.2, 0.25) is 9.47 Å². The number of benzene rings is 2. The number of anilines is 1. The van der Waals surface area contributed by atoms with Crippen molar-refractivity contribution in [1.29, 1.82) is 0 Å². The van der Waals surface area contributed by atoms with Crippen LogP contribution in [0, 0.1) is 0 Å². The van der Waals surface area contributed by atoms with Crippen LogP contribution < -0.4 is 10.0 Å². The molecular formula is C18H16Cl2N4O4S2. The summed E-state index contributed by atoms with van der Waals surface area (Å²) in [5.41, 5.74) is 1.17. The third-order valence-electron chi connectivity index (χ3n) is 3.68. The highest BCUT2D eigenvalue weighted by molar-refractivity contribution is 7.91. The van der Waals surface area contributed by atoms with Crippen molar-refractivity contribution in [2.75, 3.05) is 18.5 Å². The molecule has 8 nitrogen and oxygen atoms in total. The standard InChI is InChI=1S/C18H16Cl2N4O4S2/c19-13-6-7-14(15(20)10-13)16(25)22-17-23-24-18(29-17)30(26,27)21-8-9-28-11-12-4-2-1-3-5-12/h1-7,10,21H,8-9,11H2,(H,22,23,25). The molecule has 1 heterocycles. The van der Waals surface area contributed by atoms with Crippen LogP contribution in [0.15, 0.2) is 52.9 Å². The van der Waals surface area contributed by atoms with Gasteiger partial charge in [0.1, 0.15) is 0 Å². The largest absolute Gasteiger partial charge is 0.375 e. The Morgan fingerprint density at radius 3 is 2.60 bits per heavy atom. The number of carbonyl (C=O) groups excluding carboxylic acids is 1. The number of amides is 1. The number of halogens is 2. The van der Waals surface area contributed by atoms with Crippen molar-refractivity contribution in [1.82, 2.24) is 14.9 Å². The fourth-order valence-corrected chi connectivity index (χ4v) is 4.72. The van der Waals surface area contributed by atoms with Gasteiger partial charge in [-0.15, -0.1) is 10.2 Å². The van der Waals surface area contributed by atoms with E-state index in [1.807, 2.05) is 30.3 Å². The molecule has 0 aliphatic heterocycles. The van der Waals surface area contributed by atoms with Crippen LogP contribution in [-0.4, -0.2) is 37.7 Å². The van der Waals surface area contributed by atoms with Crippen molar-refractivity contribution in [3.63, 3.8) is 0 Å². The zero-order chi connectivity index (χ0) is 21.6. The van der Waals surface area contributed by atoms with E-state index in [0.29, 0.717) is 11.6 Å². The predicted molar refractivity (Wildman–Crippen MR) is 116 cm³/mol. The van der Waals surface area contributed by atoms with Crippen LogP contribution in [0.2, 0.25) is 10.0 Å². The van der Waals surface area contributed by atoms with Crippen molar-refractivity contribution in [3.8, 4) is 0 Å². The summed E-state index contributed by atoms with van der Waals surface area (Å²) in [4.78, 5) is 12.3. The van der Waals surface area contributed by atoms with Crippen LogP contribution in [0.5, 0.6) is 0 Å². The quantitative estimate of drug-likeness (QED) is 0.353. The minimum atomic E-state index is -3.88. The molecule has 0 aliphatic carbocycles. The summed E-state index contributed by atoms with van der Waals surface area (Å²) in [6.07, 6.45) is 0. The summed E-state index contributed by atoms with van der Waals surface area (Å²) < 4.78 is 32.2. The van der Waals surface area contributed by atoms with Gasteiger partial charge in [-0.2, -0.15) is 0 Å². The average molecular weight is 487 g/mol. The molecular weight excluding hydrogens is 471 g/mol. The second-order valence-electron chi connectivity index (χ2n) is 5.89. The Hall–Kier alpha value is -2.08. The molecule has 0 saturated heterocycles. The molecule has 0 fully saturated rings. The van der Waals surface area contributed by atoms with Crippen molar-refractivity contribution in [3.05, 3.63) is 69.7 Å². The molecule has 158 valence electrons. The lowest BCUT2D eigenvalue weighted by Gasteiger charge is -2.05. The summed E-state index contributed by atoms with van der Waals surface area (Å²) in [5, 5.41) is 10.4. The second kappa shape index (κ2) is 10.3. The summed E-state index contributed by atoms with van der Waals surface area (Å²) in [6, 6.07) is 13.9. The van der Waals surface area contributed by atoms with E-state index in [2.05, 4.69) is 20.2 Å². The summed E-state index contributed by atoms with van der Waals surface area (Å²) in [6.45, 7) is 0.632. The van der Waals surface area contributed by atoms with E-state index in [0.717, 1.165) is 16.9 Å². The molecule has 0 radical (unpaired) electrons. The fraction of sp³-hybridized carbons (Fsp3) is 0.167. The number of sulfonamides is 1. The number of hydrogen-bond acceptors (Lipinski definition) is 7. The van der Waals surface area contributed by atoms with E-state index in [1.54, 1.807) is 0 Å². The normalized spacial score (nSPS) is 11.4. The maximum Gasteiger partial charge on any atom is 0.269 e. The van der Waals surface area contributed by atoms with E-state index < -0.39 is 15.9 Å². The molecule has 0 spiro atoms. The predicted octanol–water partition coefficient (Wildman–Crippen LogP) is 3.59. The summed E-state index contributed by atoms with van der Waals surface area (Å²) >= 11 is 12.5. The second-order valence-corrected chi connectivity index (χ2v) is 9.65. The average Bonchev–Trinajstić information content (AvgIpc) is 3.18. The van der Waals surface area contributed by atoms with Gasteiger partial charge in [0.25, 0.3) is 15.9 Å². The lowest BCUT2D eigenvalue weighted by atomic mass is 10.2. The van der Waals surface area contributed by atoms with Crippen molar-refractivity contribution in [2.45, 2.75) is 10.9 Å². The van der Waals surface area contributed by atoms with Gasteiger partial charge in [-0.05, 0) is 23.8 Å². The topological polar surface area (TPSA) is 110 Å². The van der Waals surface area contributed by atoms with Gasteiger partial charge in [-0.25, -0.2) is 13.1 Å². The molecule has 2 N–H and O–H groups in total. The Balaban J connectivity index is 1.51. The zero-order valence-electron chi connectivity index (χ0n) is 15.3. The first kappa shape index (κ1) is 22.6. The van der Waals surface area contributed by atoms with Gasteiger partial charge < -0.3 is 4.74 Å². The third kappa shape index (κ3) is 6.21. The van der Waals surface area contributed by atoms with Gasteiger partial charge in [0.05, 0.1) is 23.8 Å². The Kier molecular flexibility index (Phi) is 7.75. The monoisotopic (exact) mass is 486 g/mol. The molecule has 1 amide bonds. The van der Waals surface area contributed by atoms with E-state index in [1.165, 1.54) is 18.2 Å². The van der Waals surface area contributed by atoms with Crippen LogP contribution in [0.1, 0.15) is 15.9 Å². The number of ether oxygens (including phenoxy) is 1. The van der Waals surface area contributed by atoms with E-state index in [-0.39, 0.29) is 33.2 Å². The summed E-state index contributed by atoms with van der Waals surface area (Å²) in [5.74, 6) is -0.556. The molecule has 2 aromatic carbocycles. The number of nitrogens with one attached hydrogen (secondary N) is 2. The first-order chi connectivity index (χ1) is 14.3. The number of hydrogen-bond donors (Lipinski definition) is 2. The molecule has 3 aromatic rings. The van der Waals surface area contributed by atoms with Gasteiger partial charge >= 0.3 is 0 Å². The van der Waals surface area contributed by atoms with E-state index in [4.69, 9.17) is 27.9 Å². The van der Waals surface area contributed by atoms with Crippen LogP contribution in [0.25, 0.3) is 0 Å². The Labute approximate surface area is 187 Å². The minimum Gasteiger partial charge on any atom is -0.375 e. The SMILES string of the molecule is O=C(Nc1nnc(S(=O)(=O)NCCOCc2ccccc2)s1)c1ccc(Cl)cc1Cl. The van der Waals surface area contributed by atoms with Crippen LogP contribution in [-0.2, 0) is 21.4 Å². The molecule has 1 aromatic heterocycles. The van der Waals surface area contributed by atoms with E-state index >= 15 is 0 Å². The van der Waals surface area contributed by atoms with Gasteiger partial charge in [-0.3, -0.25) is 10.1 Å². The Bertz CT molecular complexity index is 1120.